The van der Waals surface area contributed by atoms with Gasteiger partial charge in [-0.1, -0.05) is 45.7 Å². The van der Waals surface area contributed by atoms with Crippen molar-refractivity contribution in [2.24, 2.45) is 0 Å². The Bertz CT molecular complexity index is 951. The van der Waals surface area contributed by atoms with Crippen LogP contribution in [-0.4, -0.2) is 43.8 Å². The first-order valence-electron chi connectivity index (χ1n) is 8.07. The molecular formula is C18H17BrClN3O2S. The SMILES string of the molecule is N#Cc1ccccc1CN1CCN(S(=O)(=O)c2ccc(Br)cc2Cl)CC1. The minimum Gasteiger partial charge on any atom is -0.296 e. The highest BCUT2D eigenvalue weighted by molar-refractivity contribution is 9.10. The maximum atomic E-state index is 12.8. The average Bonchev–Trinajstić information content (AvgIpc) is 2.62. The van der Waals surface area contributed by atoms with Gasteiger partial charge in [-0.3, -0.25) is 4.90 Å². The number of hydrogen-bond acceptors (Lipinski definition) is 4. The van der Waals surface area contributed by atoms with E-state index >= 15 is 0 Å². The van der Waals surface area contributed by atoms with Gasteiger partial charge < -0.3 is 0 Å². The molecule has 1 aliphatic heterocycles. The average molecular weight is 455 g/mol. The molecule has 0 bridgehead atoms. The molecule has 1 heterocycles. The van der Waals surface area contributed by atoms with Gasteiger partial charge in [0.15, 0.2) is 0 Å². The van der Waals surface area contributed by atoms with Crippen molar-refractivity contribution in [3.8, 4) is 6.07 Å². The van der Waals surface area contributed by atoms with Crippen molar-refractivity contribution >= 4 is 37.6 Å². The number of nitrogens with zero attached hydrogens (tertiary/aromatic N) is 3. The normalized spacial score (nSPS) is 16.3. The molecule has 0 unspecified atom stereocenters. The van der Waals surface area contributed by atoms with Crippen LogP contribution >= 0.6 is 27.5 Å². The lowest BCUT2D eigenvalue weighted by Crippen LogP contribution is -2.48. The van der Waals surface area contributed by atoms with Gasteiger partial charge in [0, 0.05) is 37.2 Å². The fourth-order valence-corrected chi connectivity index (χ4v) is 5.39. The Hall–Kier alpha value is -1.43. The Morgan fingerprint density at radius 3 is 2.46 bits per heavy atom. The molecule has 0 N–H and O–H groups in total. The van der Waals surface area contributed by atoms with Crippen molar-refractivity contribution in [3.05, 3.63) is 63.1 Å². The molecule has 5 nitrogen and oxygen atoms in total. The molecule has 0 aliphatic carbocycles. The highest BCUT2D eigenvalue weighted by Gasteiger charge is 2.30. The van der Waals surface area contributed by atoms with Gasteiger partial charge >= 0.3 is 0 Å². The van der Waals surface area contributed by atoms with E-state index in [0.29, 0.717) is 38.3 Å². The van der Waals surface area contributed by atoms with Crippen molar-refractivity contribution in [1.82, 2.24) is 9.21 Å². The molecule has 0 aromatic heterocycles. The van der Waals surface area contributed by atoms with Crippen LogP contribution in [0.15, 0.2) is 51.8 Å². The van der Waals surface area contributed by atoms with Gasteiger partial charge in [0.1, 0.15) is 4.90 Å². The summed E-state index contributed by atoms with van der Waals surface area (Å²) < 4.78 is 27.9. The Balaban J connectivity index is 1.69. The van der Waals surface area contributed by atoms with Crippen molar-refractivity contribution in [1.29, 1.82) is 5.26 Å². The van der Waals surface area contributed by atoms with Crippen LogP contribution in [0.25, 0.3) is 0 Å². The molecule has 0 radical (unpaired) electrons. The van der Waals surface area contributed by atoms with Crippen LogP contribution in [-0.2, 0) is 16.6 Å². The summed E-state index contributed by atoms with van der Waals surface area (Å²) in [5, 5.41) is 9.41. The molecule has 136 valence electrons. The summed E-state index contributed by atoms with van der Waals surface area (Å²) >= 11 is 9.41. The largest absolute Gasteiger partial charge is 0.296 e. The zero-order valence-electron chi connectivity index (χ0n) is 13.9. The fraction of sp³-hybridized carbons (Fsp3) is 0.278. The molecule has 1 saturated heterocycles. The van der Waals surface area contributed by atoms with E-state index < -0.39 is 10.0 Å². The topological polar surface area (TPSA) is 64.4 Å². The molecule has 2 aromatic carbocycles. The highest BCUT2D eigenvalue weighted by Crippen LogP contribution is 2.28. The molecule has 26 heavy (non-hydrogen) atoms. The van der Waals surface area contributed by atoms with E-state index in [-0.39, 0.29) is 9.92 Å². The second kappa shape index (κ2) is 8.07. The number of nitriles is 1. The number of piperazine rings is 1. The summed E-state index contributed by atoms with van der Waals surface area (Å²) in [6.07, 6.45) is 0. The maximum absolute atomic E-state index is 12.8. The van der Waals surface area contributed by atoms with Crippen LogP contribution in [0.4, 0.5) is 0 Å². The first-order valence-corrected chi connectivity index (χ1v) is 10.7. The van der Waals surface area contributed by atoms with E-state index in [0.717, 1.165) is 10.0 Å². The summed E-state index contributed by atoms with van der Waals surface area (Å²) in [4.78, 5) is 2.29. The minimum atomic E-state index is -3.62. The first-order chi connectivity index (χ1) is 12.4. The summed E-state index contributed by atoms with van der Waals surface area (Å²) in [5.41, 5.74) is 1.62. The van der Waals surface area contributed by atoms with Crippen LogP contribution in [0.3, 0.4) is 0 Å². The van der Waals surface area contributed by atoms with E-state index in [1.807, 2.05) is 18.2 Å². The van der Waals surface area contributed by atoms with E-state index in [9.17, 15) is 13.7 Å². The minimum absolute atomic E-state index is 0.130. The fourth-order valence-electron chi connectivity index (χ4n) is 2.96. The Labute approximate surface area is 167 Å². The zero-order valence-corrected chi connectivity index (χ0v) is 17.1. The van der Waals surface area contributed by atoms with Crippen molar-refractivity contribution in [3.63, 3.8) is 0 Å². The lowest BCUT2D eigenvalue weighted by molar-refractivity contribution is 0.181. The van der Waals surface area contributed by atoms with Gasteiger partial charge in [-0.25, -0.2) is 8.42 Å². The monoisotopic (exact) mass is 453 g/mol. The number of benzene rings is 2. The molecule has 1 fully saturated rings. The summed E-state index contributed by atoms with van der Waals surface area (Å²) in [7, 11) is -3.62. The van der Waals surface area contributed by atoms with Gasteiger partial charge in [0.2, 0.25) is 10.0 Å². The number of hydrogen-bond donors (Lipinski definition) is 0. The van der Waals surface area contributed by atoms with E-state index in [1.165, 1.54) is 10.4 Å². The van der Waals surface area contributed by atoms with E-state index in [1.54, 1.807) is 18.2 Å². The van der Waals surface area contributed by atoms with Crippen LogP contribution in [0, 0.1) is 11.3 Å². The second-order valence-electron chi connectivity index (χ2n) is 6.02. The van der Waals surface area contributed by atoms with Crippen LogP contribution in [0.2, 0.25) is 5.02 Å². The van der Waals surface area contributed by atoms with Crippen molar-refractivity contribution < 1.29 is 8.42 Å². The number of rotatable bonds is 4. The third kappa shape index (κ3) is 4.11. The smallest absolute Gasteiger partial charge is 0.244 e. The molecule has 0 saturated carbocycles. The summed E-state index contributed by atoms with van der Waals surface area (Å²) in [6, 6.07) is 14.5. The third-order valence-corrected chi connectivity index (χ3v) is 7.25. The first kappa shape index (κ1) is 19.3. The Kier molecular flexibility index (Phi) is 6.00. The molecule has 0 amide bonds. The molecular weight excluding hydrogens is 438 g/mol. The summed E-state index contributed by atoms with van der Waals surface area (Å²) in [6.45, 7) is 2.63. The zero-order chi connectivity index (χ0) is 18.7. The van der Waals surface area contributed by atoms with Gasteiger partial charge in [0.05, 0.1) is 16.7 Å². The Morgan fingerprint density at radius 2 is 1.81 bits per heavy atom. The third-order valence-electron chi connectivity index (χ3n) is 4.37. The molecule has 8 heteroatoms. The highest BCUT2D eigenvalue weighted by atomic mass is 79.9. The van der Waals surface area contributed by atoms with Crippen LogP contribution in [0.5, 0.6) is 0 Å². The van der Waals surface area contributed by atoms with Gasteiger partial charge in [0.25, 0.3) is 0 Å². The van der Waals surface area contributed by atoms with Gasteiger partial charge in [-0.2, -0.15) is 9.57 Å². The molecule has 0 atom stereocenters. The second-order valence-corrected chi connectivity index (χ2v) is 9.25. The van der Waals surface area contributed by atoms with Gasteiger partial charge in [-0.15, -0.1) is 0 Å². The Morgan fingerprint density at radius 1 is 1.12 bits per heavy atom. The van der Waals surface area contributed by atoms with Crippen LogP contribution in [0.1, 0.15) is 11.1 Å². The predicted octanol–water partition coefficient (Wildman–Crippen LogP) is 3.48. The summed E-state index contributed by atoms with van der Waals surface area (Å²) in [5.74, 6) is 0. The quantitative estimate of drug-likeness (QED) is 0.709. The predicted molar refractivity (Wildman–Crippen MR) is 104 cm³/mol. The standard InChI is InChI=1S/C18H17BrClN3O2S/c19-16-5-6-18(17(20)11-16)26(24,25)23-9-7-22(8-10-23)13-15-4-2-1-3-14(15)12-21/h1-6,11H,7-10,13H2. The molecule has 2 aromatic rings. The van der Waals surface area contributed by atoms with E-state index in [4.69, 9.17) is 11.6 Å². The number of halogens is 2. The van der Waals surface area contributed by atoms with Gasteiger partial charge in [-0.05, 0) is 29.8 Å². The molecule has 3 rings (SSSR count). The lowest BCUT2D eigenvalue weighted by atomic mass is 10.1. The molecule has 0 spiro atoms. The lowest BCUT2D eigenvalue weighted by Gasteiger charge is -2.34. The van der Waals surface area contributed by atoms with Crippen molar-refractivity contribution in [2.75, 3.05) is 26.2 Å². The van der Waals surface area contributed by atoms with E-state index in [2.05, 4.69) is 26.9 Å². The van der Waals surface area contributed by atoms with Crippen LogP contribution < -0.4 is 0 Å². The number of sulfonamides is 1. The molecule has 1 aliphatic rings. The maximum Gasteiger partial charge on any atom is 0.244 e. The van der Waals surface area contributed by atoms with Crippen molar-refractivity contribution in [2.45, 2.75) is 11.4 Å².